The lowest BCUT2D eigenvalue weighted by Crippen LogP contribution is -2.21. The number of hydrogen-bond acceptors (Lipinski definition) is 2. The van der Waals surface area contributed by atoms with Crippen LogP contribution < -0.4 is 5.32 Å². The summed E-state index contributed by atoms with van der Waals surface area (Å²) in [5.74, 6) is -0.0327. The van der Waals surface area contributed by atoms with E-state index in [1.54, 1.807) is 12.2 Å². The van der Waals surface area contributed by atoms with Crippen molar-refractivity contribution in [3.05, 3.63) is 36.6 Å². The molecule has 0 heterocycles. The highest BCUT2D eigenvalue weighted by atomic mass is 16.2. The number of carbonyl (C=O) groups excluding carboxylic acids is 1. The predicted molar refractivity (Wildman–Crippen MR) is 84.9 cm³/mol. The van der Waals surface area contributed by atoms with Gasteiger partial charge in [0.1, 0.15) is 0 Å². The van der Waals surface area contributed by atoms with E-state index in [2.05, 4.69) is 11.9 Å². The van der Waals surface area contributed by atoms with Crippen LogP contribution in [-0.2, 0) is 4.79 Å². The van der Waals surface area contributed by atoms with Crippen molar-refractivity contribution in [3.8, 4) is 0 Å². The van der Waals surface area contributed by atoms with E-state index in [0.29, 0.717) is 19.3 Å². The second kappa shape index (κ2) is 21.9. The van der Waals surface area contributed by atoms with Gasteiger partial charge in [-0.3, -0.25) is 4.79 Å². The lowest BCUT2D eigenvalue weighted by atomic mass is 10.2. The first-order chi connectivity index (χ1) is 9.24. The summed E-state index contributed by atoms with van der Waals surface area (Å²) < 4.78 is 0. The molecule has 0 saturated carbocycles. The average molecular weight is 269 g/mol. The van der Waals surface area contributed by atoms with Crippen LogP contribution in [-0.4, -0.2) is 17.6 Å². The lowest BCUT2D eigenvalue weighted by Gasteiger charge is -2.04. The first kappa shape index (κ1) is 22.8. The molecular formula is C16H31NO2. The van der Waals surface area contributed by atoms with Crippen LogP contribution in [0.1, 0.15) is 53.9 Å². The summed E-state index contributed by atoms with van der Waals surface area (Å²) in [6, 6.07) is 0. The Hall–Kier alpha value is -1.35. The van der Waals surface area contributed by atoms with Crippen molar-refractivity contribution in [2.45, 2.75) is 53.9 Å². The van der Waals surface area contributed by atoms with Crippen molar-refractivity contribution in [1.29, 1.82) is 0 Å². The van der Waals surface area contributed by atoms with Crippen LogP contribution in [0, 0.1) is 0 Å². The van der Waals surface area contributed by atoms with Gasteiger partial charge in [0.25, 0.3) is 0 Å². The van der Waals surface area contributed by atoms with Gasteiger partial charge in [0.15, 0.2) is 0 Å². The van der Waals surface area contributed by atoms with E-state index >= 15 is 0 Å². The molecule has 0 bridgehead atoms. The number of nitrogens with one attached hydrogen (secondary N) is 1. The van der Waals surface area contributed by atoms with E-state index in [1.807, 2.05) is 46.8 Å². The molecule has 0 fully saturated rings. The minimum Gasteiger partial charge on any atom is -0.396 e. The molecule has 0 aromatic rings. The Bertz CT molecular complexity index is 255. The van der Waals surface area contributed by atoms with Gasteiger partial charge in [-0.1, -0.05) is 46.4 Å². The second-order valence-corrected chi connectivity index (χ2v) is 3.09. The first-order valence-electron chi connectivity index (χ1n) is 7.10. The standard InChI is InChI=1S/C12H19NO2.2C2H6/c1-3-7-11(8-4-2)13-12(15)9-5-6-10-14;2*1-2/h3-4,7-8,14H,1,5-6,9-10H2,2H3,(H,13,15);2*1-2H3/b8-4-,11-7+;;. The highest BCUT2D eigenvalue weighted by Crippen LogP contribution is 1.98. The fourth-order valence-electron chi connectivity index (χ4n) is 1.07. The molecule has 0 saturated heterocycles. The third-order valence-electron chi connectivity index (χ3n) is 1.74. The van der Waals surface area contributed by atoms with Gasteiger partial charge in [0.2, 0.25) is 5.91 Å². The monoisotopic (exact) mass is 269 g/mol. The average Bonchev–Trinajstić information content (AvgIpc) is 2.44. The van der Waals surface area contributed by atoms with E-state index in [-0.39, 0.29) is 12.5 Å². The highest BCUT2D eigenvalue weighted by Gasteiger charge is 2.01. The first-order valence-corrected chi connectivity index (χ1v) is 7.10. The van der Waals surface area contributed by atoms with Crippen LogP contribution in [0.2, 0.25) is 0 Å². The van der Waals surface area contributed by atoms with Crippen LogP contribution in [0.25, 0.3) is 0 Å². The molecule has 0 aliphatic rings. The van der Waals surface area contributed by atoms with Crippen LogP contribution in [0.3, 0.4) is 0 Å². The van der Waals surface area contributed by atoms with Gasteiger partial charge in [-0.25, -0.2) is 0 Å². The van der Waals surface area contributed by atoms with Gasteiger partial charge in [-0.2, -0.15) is 0 Å². The smallest absolute Gasteiger partial charge is 0.224 e. The zero-order valence-electron chi connectivity index (χ0n) is 13.2. The third kappa shape index (κ3) is 19.2. The number of aliphatic hydroxyl groups is 1. The molecule has 2 N–H and O–H groups in total. The zero-order valence-corrected chi connectivity index (χ0v) is 13.2. The third-order valence-corrected chi connectivity index (χ3v) is 1.74. The number of hydrogen-bond donors (Lipinski definition) is 2. The molecule has 0 aliphatic carbocycles. The molecular weight excluding hydrogens is 238 g/mol. The minimum atomic E-state index is -0.0327. The van der Waals surface area contributed by atoms with Crippen molar-refractivity contribution in [3.63, 3.8) is 0 Å². The molecule has 3 nitrogen and oxygen atoms in total. The Balaban J connectivity index is -0.000000579. The van der Waals surface area contributed by atoms with Crippen LogP contribution >= 0.6 is 0 Å². The largest absolute Gasteiger partial charge is 0.396 e. The summed E-state index contributed by atoms with van der Waals surface area (Å²) in [5.41, 5.74) is 0.737. The van der Waals surface area contributed by atoms with Gasteiger partial charge >= 0.3 is 0 Å². The van der Waals surface area contributed by atoms with E-state index in [4.69, 9.17) is 5.11 Å². The molecule has 1 amide bonds. The van der Waals surface area contributed by atoms with Crippen molar-refractivity contribution in [2.24, 2.45) is 0 Å². The summed E-state index contributed by atoms with van der Waals surface area (Å²) in [7, 11) is 0. The summed E-state index contributed by atoms with van der Waals surface area (Å²) in [6.45, 7) is 13.6. The fourth-order valence-corrected chi connectivity index (χ4v) is 1.07. The maximum atomic E-state index is 11.4. The topological polar surface area (TPSA) is 49.3 Å². The number of carbonyl (C=O) groups is 1. The van der Waals surface area contributed by atoms with Crippen molar-refractivity contribution in [2.75, 3.05) is 6.61 Å². The van der Waals surface area contributed by atoms with Gasteiger partial charge in [0, 0.05) is 18.7 Å². The number of allylic oxidation sites excluding steroid dienone is 4. The summed E-state index contributed by atoms with van der Waals surface area (Å²) in [6.07, 6.45) is 8.84. The van der Waals surface area contributed by atoms with Crippen molar-refractivity contribution < 1.29 is 9.90 Å². The fraction of sp³-hybridized carbons (Fsp3) is 0.562. The van der Waals surface area contributed by atoms with E-state index < -0.39 is 0 Å². The maximum Gasteiger partial charge on any atom is 0.224 e. The summed E-state index contributed by atoms with van der Waals surface area (Å²) >= 11 is 0. The molecule has 0 rings (SSSR count). The molecule has 0 aliphatic heterocycles. The number of unbranched alkanes of at least 4 members (excludes halogenated alkanes) is 1. The number of aliphatic hydroxyl groups excluding tert-OH is 1. The quantitative estimate of drug-likeness (QED) is 0.543. The second-order valence-electron chi connectivity index (χ2n) is 3.09. The van der Waals surface area contributed by atoms with E-state index in [9.17, 15) is 4.79 Å². The normalized spacial score (nSPS) is 9.89. The Morgan fingerprint density at radius 2 is 1.79 bits per heavy atom. The predicted octanol–water partition coefficient (Wildman–Crippen LogP) is 3.96. The summed E-state index contributed by atoms with van der Waals surface area (Å²) in [5, 5.41) is 11.3. The molecule has 112 valence electrons. The molecule has 0 aromatic carbocycles. The molecule has 0 unspecified atom stereocenters. The van der Waals surface area contributed by atoms with Crippen LogP contribution in [0.4, 0.5) is 0 Å². The van der Waals surface area contributed by atoms with Crippen molar-refractivity contribution >= 4 is 5.91 Å². The summed E-state index contributed by atoms with van der Waals surface area (Å²) in [4.78, 5) is 11.4. The van der Waals surface area contributed by atoms with Gasteiger partial charge < -0.3 is 10.4 Å². The van der Waals surface area contributed by atoms with Gasteiger partial charge in [0.05, 0.1) is 0 Å². The van der Waals surface area contributed by atoms with Gasteiger partial charge in [-0.05, 0) is 31.9 Å². The van der Waals surface area contributed by atoms with E-state index in [1.165, 1.54) is 0 Å². The Kier molecular flexibility index (Phi) is 26.3. The van der Waals surface area contributed by atoms with E-state index in [0.717, 1.165) is 5.70 Å². The molecule has 3 heteroatoms. The molecule has 19 heavy (non-hydrogen) atoms. The SMILES string of the molecule is C=C/C=C(\C=C/C)NC(=O)CCCCO.CC.CC. The number of amides is 1. The zero-order chi connectivity index (χ0) is 15.5. The van der Waals surface area contributed by atoms with Gasteiger partial charge in [-0.15, -0.1) is 0 Å². The molecule has 0 atom stereocenters. The molecule has 0 aromatic heterocycles. The van der Waals surface area contributed by atoms with Crippen LogP contribution in [0.15, 0.2) is 36.6 Å². The Morgan fingerprint density at radius 3 is 2.21 bits per heavy atom. The number of rotatable bonds is 7. The molecule has 0 radical (unpaired) electrons. The molecule has 0 spiro atoms. The Morgan fingerprint density at radius 1 is 1.21 bits per heavy atom. The Labute approximate surface area is 119 Å². The van der Waals surface area contributed by atoms with Crippen LogP contribution in [0.5, 0.6) is 0 Å². The maximum absolute atomic E-state index is 11.4. The lowest BCUT2D eigenvalue weighted by molar-refractivity contribution is -0.120. The minimum absolute atomic E-state index is 0.0327. The van der Waals surface area contributed by atoms with Crippen molar-refractivity contribution in [1.82, 2.24) is 5.32 Å². The highest BCUT2D eigenvalue weighted by molar-refractivity contribution is 5.78.